The van der Waals surface area contributed by atoms with Gasteiger partial charge in [0.05, 0.1) is 24.4 Å². The molecular weight excluding hydrogens is 823 g/mol. The third-order valence-electron chi connectivity index (χ3n) is 14.1. The van der Waals surface area contributed by atoms with Crippen molar-refractivity contribution in [3.8, 4) is 0 Å². The van der Waals surface area contributed by atoms with Gasteiger partial charge in [0.25, 0.3) is 11.7 Å². The third-order valence-corrected chi connectivity index (χ3v) is 14.1. The third kappa shape index (κ3) is 13.7. The number of Topliss-reactive ketones (excluding diaryl/α,β-unsaturated/α-hetero) is 4. The van der Waals surface area contributed by atoms with Gasteiger partial charge >= 0.3 is 5.97 Å². The Kier molecular flexibility index (Phi) is 20.0. The summed E-state index contributed by atoms with van der Waals surface area (Å²) in [5.41, 5.74) is 0.726. The lowest BCUT2D eigenvalue weighted by Crippen LogP contribution is -2.60. The number of ketones is 4. The molecule has 0 aromatic heterocycles. The van der Waals surface area contributed by atoms with E-state index in [-0.39, 0.29) is 67.0 Å². The van der Waals surface area contributed by atoms with Crippen LogP contribution in [0, 0.1) is 35.5 Å². The fraction of sp³-hybridized carbons (Fsp3) is 0.720. The maximum Gasteiger partial charge on any atom is 0.329 e. The minimum atomic E-state index is -2.52. The highest BCUT2D eigenvalue weighted by Gasteiger charge is 2.53. The zero-order valence-electron chi connectivity index (χ0n) is 39.5. The van der Waals surface area contributed by atoms with Gasteiger partial charge in [0.2, 0.25) is 5.79 Å². The Balaban J connectivity index is 1.69. The van der Waals surface area contributed by atoms with Gasteiger partial charge in [0.15, 0.2) is 17.3 Å². The van der Waals surface area contributed by atoms with E-state index in [4.69, 9.17) is 18.9 Å². The van der Waals surface area contributed by atoms with Gasteiger partial charge in [-0.25, -0.2) is 4.79 Å². The molecule has 0 radical (unpaired) electrons. The van der Waals surface area contributed by atoms with Gasteiger partial charge in [-0.05, 0) is 107 Å². The lowest BCUT2D eigenvalue weighted by atomic mass is 9.78. The zero-order chi connectivity index (χ0) is 47.5. The van der Waals surface area contributed by atoms with Gasteiger partial charge in [-0.3, -0.25) is 24.0 Å². The van der Waals surface area contributed by atoms with Gasteiger partial charge < -0.3 is 39.2 Å². The Bertz CT molecular complexity index is 1780. The Morgan fingerprint density at radius 2 is 1.55 bits per heavy atom. The standard InChI is InChI=1S/C50H75NO13/c1-29-15-11-10-12-16-30(2)40(53)27-37-20-18-35(7)50(60,64-37)47(57)48(58)51-22-14-13-17-38(51)49(59)63-42(32(4)25-36-19-21-39(52)43(26-36)61-8)28-41(54)31(3)24-34(6)45(56)46(62-9)44(55)33(5)23-29/h10-12,15-16,24,29,32-39,42-43,45-46,52,56,60H,13-14,17-23,25-28H2,1-9H3/t29?,32?,33-,34?,35-,36?,37?,38+,39?,42?,43?,45?,46?,50?/m1/s1. The van der Waals surface area contributed by atoms with Crippen LogP contribution in [0.4, 0.5) is 0 Å². The number of carbonyl (C=O) groups is 6. The van der Waals surface area contributed by atoms with Gasteiger partial charge in [0.1, 0.15) is 18.2 Å². The molecule has 2 bridgehead atoms. The van der Waals surface area contributed by atoms with Crippen LogP contribution >= 0.6 is 0 Å². The number of aliphatic hydroxyl groups is 3. The summed E-state index contributed by atoms with van der Waals surface area (Å²) < 4.78 is 23.3. The summed E-state index contributed by atoms with van der Waals surface area (Å²) in [6.45, 7) is 12.3. The molecule has 4 aliphatic rings. The Morgan fingerprint density at radius 1 is 0.844 bits per heavy atom. The Labute approximate surface area is 379 Å². The molecule has 0 spiro atoms. The van der Waals surface area contributed by atoms with E-state index in [1.165, 1.54) is 7.11 Å². The normalized spacial score (nSPS) is 37.1. The quantitative estimate of drug-likeness (QED) is 0.223. The van der Waals surface area contributed by atoms with Crippen LogP contribution in [0.3, 0.4) is 0 Å². The van der Waals surface area contributed by atoms with Crippen LogP contribution in [0.1, 0.15) is 126 Å². The molecule has 3 heterocycles. The number of amides is 1. The van der Waals surface area contributed by atoms with Crippen LogP contribution in [-0.2, 0) is 47.7 Å². The second kappa shape index (κ2) is 24.2. The smallest absolute Gasteiger partial charge is 0.329 e. The second-order valence-corrected chi connectivity index (χ2v) is 19.2. The highest BCUT2D eigenvalue weighted by molar-refractivity contribution is 6.39. The van der Waals surface area contributed by atoms with Crippen molar-refractivity contribution in [1.29, 1.82) is 0 Å². The van der Waals surface area contributed by atoms with E-state index >= 15 is 0 Å². The first-order chi connectivity index (χ1) is 30.2. The van der Waals surface area contributed by atoms with Crippen LogP contribution in [-0.4, -0.2) is 124 Å². The van der Waals surface area contributed by atoms with E-state index in [9.17, 15) is 44.1 Å². The van der Waals surface area contributed by atoms with Gasteiger partial charge in [-0.15, -0.1) is 0 Å². The molecule has 14 nitrogen and oxygen atoms in total. The molecule has 0 aromatic carbocycles. The lowest BCUT2D eigenvalue weighted by molar-refractivity contribution is -0.262. The summed E-state index contributed by atoms with van der Waals surface area (Å²) in [6, 6.07) is -1.18. The summed E-state index contributed by atoms with van der Waals surface area (Å²) in [4.78, 5) is 84.6. The number of nitrogens with zero attached hydrogens (tertiary/aromatic N) is 1. The molecule has 11 unspecified atom stereocenters. The van der Waals surface area contributed by atoms with Crippen LogP contribution < -0.4 is 0 Å². The van der Waals surface area contributed by atoms with Gasteiger partial charge in [0, 0.05) is 51.4 Å². The monoisotopic (exact) mass is 898 g/mol. The van der Waals surface area contributed by atoms with Crippen molar-refractivity contribution < 1.29 is 63.0 Å². The summed E-state index contributed by atoms with van der Waals surface area (Å²) in [7, 11) is 2.92. The number of cyclic esters (lactones) is 1. The van der Waals surface area contributed by atoms with E-state index in [0.29, 0.717) is 68.9 Å². The average molecular weight is 898 g/mol. The highest BCUT2D eigenvalue weighted by Crippen LogP contribution is 2.37. The van der Waals surface area contributed by atoms with E-state index in [2.05, 4.69) is 0 Å². The number of hydrogen-bond donors (Lipinski definition) is 3. The predicted molar refractivity (Wildman–Crippen MR) is 239 cm³/mol. The number of hydrogen-bond acceptors (Lipinski definition) is 13. The molecular formula is C50H75NO13. The van der Waals surface area contributed by atoms with Gasteiger partial charge in [-0.1, -0.05) is 71.1 Å². The molecule has 4 rings (SSSR count). The van der Waals surface area contributed by atoms with E-state index < -0.39 is 77.8 Å². The molecule has 1 aliphatic carbocycles. The SMILES string of the molecule is COC1CC(CC(C)C2CC(=O)C(C)=CC(C)C(O)C(OC)C(=O)[C@H](C)CC(C)C=CC=CC=C(C)C(=O)CC3CC[C@@H](C)C(O)(O3)C(=O)C(=O)N3CCCC[C@H]3C(=O)O2)CCC1O. The molecule has 64 heavy (non-hydrogen) atoms. The number of aliphatic hydroxyl groups excluding tert-OH is 2. The number of esters is 1. The molecule has 0 aromatic rings. The van der Waals surface area contributed by atoms with Crippen molar-refractivity contribution >= 4 is 35.0 Å². The van der Waals surface area contributed by atoms with Crippen LogP contribution in [0.5, 0.6) is 0 Å². The topological polar surface area (TPSA) is 203 Å². The number of fused-ring (bicyclic) bond motifs is 3. The lowest BCUT2D eigenvalue weighted by Gasteiger charge is -2.42. The summed E-state index contributed by atoms with van der Waals surface area (Å²) in [5, 5.41) is 33.7. The van der Waals surface area contributed by atoms with Crippen molar-refractivity contribution in [1.82, 2.24) is 4.90 Å². The minimum Gasteiger partial charge on any atom is -0.460 e. The number of rotatable bonds is 5. The zero-order valence-corrected chi connectivity index (χ0v) is 39.5. The van der Waals surface area contributed by atoms with Crippen molar-refractivity contribution in [3.63, 3.8) is 0 Å². The molecule has 1 saturated carbocycles. The van der Waals surface area contributed by atoms with Crippen LogP contribution in [0.15, 0.2) is 47.6 Å². The number of carbonyl (C=O) groups excluding carboxylic acids is 6. The van der Waals surface area contributed by atoms with Gasteiger partial charge in [-0.2, -0.15) is 0 Å². The number of piperidine rings is 1. The van der Waals surface area contributed by atoms with E-state index in [0.717, 1.165) is 4.90 Å². The highest BCUT2D eigenvalue weighted by atomic mass is 16.6. The van der Waals surface area contributed by atoms with Crippen molar-refractivity contribution in [2.24, 2.45) is 35.5 Å². The van der Waals surface area contributed by atoms with E-state index in [1.807, 2.05) is 26.0 Å². The first-order valence-corrected chi connectivity index (χ1v) is 23.4. The Hall–Kier alpha value is -3.66. The molecule has 14 atom stereocenters. The largest absolute Gasteiger partial charge is 0.460 e. The molecule has 3 fully saturated rings. The van der Waals surface area contributed by atoms with Crippen LogP contribution in [0.25, 0.3) is 0 Å². The fourth-order valence-corrected chi connectivity index (χ4v) is 9.75. The van der Waals surface area contributed by atoms with Crippen molar-refractivity contribution in [2.75, 3.05) is 20.8 Å². The Morgan fingerprint density at radius 3 is 2.23 bits per heavy atom. The van der Waals surface area contributed by atoms with Crippen LogP contribution in [0.2, 0.25) is 0 Å². The summed E-state index contributed by atoms with van der Waals surface area (Å²) >= 11 is 0. The van der Waals surface area contributed by atoms with E-state index in [1.54, 1.807) is 66.0 Å². The number of methoxy groups -OCH3 is 2. The maximum atomic E-state index is 14.3. The second-order valence-electron chi connectivity index (χ2n) is 19.2. The molecule has 358 valence electrons. The first-order valence-electron chi connectivity index (χ1n) is 23.4. The molecule has 2 saturated heterocycles. The first kappa shape index (κ1) is 53.0. The molecule has 3 aliphatic heterocycles. The molecule has 3 N–H and O–H groups in total. The molecule has 1 amide bonds. The maximum absolute atomic E-state index is 14.3. The molecule has 14 heteroatoms. The number of allylic oxidation sites excluding steroid dienone is 7. The predicted octanol–water partition coefficient (Wildman–Crippen LogP) is 5.73. The van der Waals surface area contributed by atoms with Crippen molar-refractivity contribution in [3.05, 3.63) is 47.6 Å². The minimum absolute atomic E-state index is 0.0198. The number of ether oxygens (including phenoxy) is 4. The average Bonchev–Trinajstić information content (AvgIpc) is 3.26. The summed E-state index contributed by atoms with van der Waals surface area (Å²) in [6.07, 6.45) is 9.78. The fourth-order valence-electron chi connectivity index (χ4n) is 9.75. The van der Waals surface area contributed by atoms with Crippen molar-refractivity contribution in [2.45, 2.75) is 174 Å². The summed E-state index contributed by atoms with van der Waals surface area (Å²) in [5.74, 6) is -8.67.